The number of ether oxygens (including phenoxy) is 1. The van der Waals surface area contributed by atoms with E-state index in [0.29, 0.717) is 11.3 Å². The first-order valence-corrected chi connectivity index (χ1v) is 5.21. The molecular weight excluding hydrogens is 172 g/mol. The highest BCUT2D eigenvalue weighted by Crippen LogP contribution is 2.47. The van der Waals surface area contributed by atoms with Crippen LogP contribution in [0.4, 0.5) is 0 Å². The van der Waals surface area contributed by atoms with E-state index in [2.05, 4.69) is 39.0 Å². The van der Waals surface area contributed by atoms with Crippen molar-refractivity contribution in [2.75, 3.05) is 7.11 Å². The van der Waals surface area contributed by atoms with Gasteiger partial charge in [-0.15, -0.1) is 0 Å². The highest BCUT2D eigenvalue weighted by molar-refractivity contribution is 5.42. The summed E-state index contributed by atoms with van der Waals surface area (Å²) in [5.41, 5.74) is 3.35. The molecule has 1 aromatic rings. The predicted octanol–water partition coefficient (Wildman–Crippen LogP) is 3.38. The van der Waals surface area contributed by atoms with Gasteiger partial charge in [-0.1, -0.05) is 26.8 Å². The number of benzene rings is 1. The van der Waals surface area contributed by atoms with Gasteiger partial charge in [-0.25, -0.2) is 0 Å². The second-order valence-corrected chi connectivity index (χ2v) is 4.95. The maximum absolute atomic E-state index is 5.26. The number of hydrogen-bond acceptors (Lipinski definition) is 1. The minimum absolute atomic E-state index is 0.398. The molecule has 0 N–H and O–H groups in total. The number of fused-ring (bicyclic) bond motifs is 1. The van der Waals surface area contributed by atoms with Crippen molar-refractivity contribution in [3.63, 3.8) is 0 Å². The van der Waals surface area contributed by atoms with Gasteiger partial charge in [-0.3, -0.25) is 0 Å². The summed E-state index contributed by atoms with van der Waals surface area (Å²) in [6.45, 7) is 6.99. The summed E-state index contributed by atoms with van der Waals surface area (Å²) < 4.78 is 5.26. The lowest BCUT2D eigenvalue weighted by Crippen LogP contribution is -2.14. The fourth-order valence-electron chi connectivity index (χ4n) is 2.33. The van der Waals surface area contributed by atoms with Gasteiger partial charge in [-0.05, 0) is 41.0 Å². The number of methoxy groups -OCH3 is 1. The number of rotatable bonds is 1. The van der Waals surface area contributed by atoms with Crippen molar-refractivity contribution in [1.82, 2.24) is 0 Å². The zero-order valence-corrected chi connectivity index (χ0v) is 9.42. The third-order valence-electron chi connectivity index (χ3n) is 3.64. The van der Waals surface area contributed by atoms with Crippen molar-refractivity contribution in [1.29, 1.82) is 0 Å². The summed E-state index contributed by atoms with van der Waals surface area (Å²) in [5.74, 6) is 1.61. The monoisotopic (exact) mass is 190 g/mol. The molecule has 1 nitrogen and oxygen atoms in total. The van der Waals surface area contributed by atoms with Crippen LogP contribution in [0.25, 0.3) is 0 Å². The molecule has 1 aromatic carbocycles. The Kier molecular flexibility index (Phi) is 2.06. The van der Waals surface area contributed by atoms with Crippen LogP contribution < -0.4 is 4.74 Å². The summed E-state index contributed by atoms with van der Waals surface area (Å²) >= 11 is 0. The van der Waals surface area contributed by atoms with Crippen LogP contribution in [0.15, 0.2) is 18.2 Å². The van der Waals surface area contributed by atoms with E-state index < -0.39 is 0 Å². The molecule has 1 aliphatic rings. The lowest BCUT2D eigenvalue weighted by molar-refractivity contribution is 0.330. The van der Waals surface area contributed by atoms with Gasteiger partial charge in [0.2, 0.25) is 0 Å². The maximum atomic E-state index is 5.26. The molecule has 1 unspecified atom stereocenters. The van der Waals surface area contributed by atoms with Crippen LogP contribution in [-0.4, -0.2) is 7.11 Å². The van der Waals surface area contributed by atoms with Gasteiger partial charge in [0.15, 0.2) is 0 Å². The Bertz CT molecular complexity index is 352. The molecule has 14 heavy (non-hydrogen) atoms. The van der Waals surface area contributed by atoms with Gasteiger partial charge >= 0.3 is 0 Å². The highest BCUT2D eigenvalue weighted by atomic mass is 16.5. The zero-order valence-electron chi connectivity index (χ0n) is 9.42. The van der Waals surface area contributed by atoms with E-state index >= 15 is 0 Å². The molecule has 0 radical (unpaired) electrons. The first-order chi connectivity index (χ1) is 6.54. The van der Waals surface area contributed by atoms with E-state index in [9.17, 15) is 0 Å². The van der Waals surface area contributed by atoms with E-state index in [1.165, 1.54) is 17.5 Å². The van der Waals surface area contributed by atoms with Crippen LogP contribution in [-0.2, 0) is 6.42 Å². The third kappa shape index (κ3) is 1.31. The van der Waals surface area contributed by atoms with Crippen LogP contribution in [0, 0.1) is 5.41 Å². The second-order valence-electron chi connectivity index (χ2n) is 4.95. The largest absolute Gasteiger partial charge is 0.497 e. The van der Waals surface area contributed by atoms with Crippen LogP contribution in [0.5, 0.6) is 5.75 Å². The average Bonchev–Trinajstić information content (AvgIpc) is 2.38. The molecule has 0 spiro atoms. The van der Waals surface area contributed by atoms with Crippen LogP contribution in [0.3, 0.4) is 0 Å². The molecule has 1 heteroatoms. The molecule has 0 saturated heterocycles. The van der Waals surface area contributed by atoms with Gasteiger partial charge in [0.05, 0.1) is 7.11 Å². The first kappa shape index (κ1) is 9.57. The van der Waals surface area contributed by atoms with Gasteiger partial charge in [0.1, 0.15) is 5.75 Å². The van der Waals surface area contributed by atoms with Crippen molar-refractivity contribution in [2.24, 2.45) is 5.41 Å². The molecule has 76 valence electrons. The van der Waals surface area contributed by atoms with Crippen molar-refractivity contribution >= 4 is 0 Å². The van der Waals surface area contributed by atoms with E-state index in [1.807, 2.05) is 0 Å². The van der Waals surface area contributed by atoms with Gasteiger partial charge in [0.25, 0.3) is 0 Å². The van der Waals surface area contributed by atoms with E-state index in [-0.39, 0.29) is 0 Å². The van der Waals surface area contributed by atoms with Crippen molar-refractivity contribution in [3.05, 3.63) is 29.3 Å². The Balaban J connectivity index is 2.45. The number of hydrogen-bond donors (Lipinski definition) is 0. The molecule has 0 aromatic heterocycles. The molecular formula is C13H18O. The third-order valence-corrected chi connectivity index (χ3v) is 3.64. The quantitative estimate of drug-likeness (QED) is 0.659. The van der Waals surface area contributed by atoms with Crippen molar-refractivity contribution < 1.29 is 4.74 Å². The normalized spacial score (nSPS) is 23.3. The average molecular weight is 190 g/mol. The van der Waals surface area contributed by atoms with Crippen molar-refractivity contribution in [3.8, 4) is 5.75 Å². The fraction of sp³-hybridized carbons (Fsp3) is 0.538. The Hall–Kier alpha value is -0.980. The minimum Gasteiger partial charge on any atom is -0.497 e. The SMILES string of the molecule is COc1ccc2c(c1)C(C)C(C)(C)C2. The summed E-state index contributed by atoms with van der Waals surface area (Å²) in [5, 5.41) is 0. The lowest BCUT2D eigenvalue weighted by Gasteiger charge is -2.23. The molecule has 0 saturated carbocycles. The Morgan fingerprint density at radius 3 is 2.71 bits per heavy atom. The Labute approximate surface area is 86.1 Å². The van der Waals surface area contributed by atoms with Crippen molar-refractivity contribution in [2.45, 2.75) is 33.1 Å². The summed E-state index contributed by atoms with van der Waals surface area (Å²) in [6, 6.07) is 6.46. The Morgan fingerprint density at radius 1 is 1.36 bits per heavy atom. The maximum Gasteiger partial charge on any atom is 0.119 e. The smallest absolute Gasteiger partial charge is 0.119 e. The summed E-state index contributed by atoms with van der Waals surface area (Å²) in [4.78, 5) is 0. The molecule has 0 fully saturated rings. The van der Waals surface area contributed by atoms with E-state index in [0.717, 1.165) is 5.75 Å². The standard InChI is InChI=1S/C13H18O/c1-9-12-7-11(14-4)6-5-10(12)8-13(9,2)3/h5-7,9H,8H2,1-4H3. The van der Waals surface area contributed by atoms with Crippen LogP contribution >= 0.6 is 0 Å². The van der Waals surface area contributed by atoms with E-state index in [1.54, 1.807) is 7.11 Å². The van der Waals surface area contributed by atoms with Gasteiger partial charge < -0.3 is 4.74 Å². The molecule has 1 aliphatic carbocycles. The summed E-state index contributed by atoms with van der Waals surface area (Å²) in [7, 11) is 1.73. The van der Waals surface area contributed by atoms with Gasteiger partial charge in [0, 0.05) is 0 Å². The molecule has 0 bridgehead atoms. The minimum atomic E-state index is 0.398. The Morgan fingerprint density at radius 2 is 2.07 bits per heavy atom. The topological polar surface area (TPSA) is 9.23 Å². The predicted molar refractivity (Wildman–Crippen MR) is 58.9 cm³/mol. The zero-order chi connectivity index (χ0) is 10.3. The second kappa shape index (κ2) is 3.01. The molecule has 1 atom stereocenters. The fourth-order valence-corrected chi connectivity index (χ4v) is 2.33. The molecule has 0 heterocycles. The van der Waals surface area contributed by atoms with Gasteiger partial charge in [-0.2, -0.15) is 0 Å². The molecule has 2 rings (SSSR count). The molecule has 0 aliphatic heterocycles. The van der Waals surface area contributed by atoms with Crippen LogP contribution in [0.2, 0.25) is 0 Å². The lowest BCUT2D eigenvalue weighted by atomic mass is 9.81. The van der Waals surface area contributed by atoms with E-state index in [4.69, 9.17) is 4.74 Å². The summed E-state index contributed by atoms with van der Waals surface area (Å²) in [6.07, 6.45) is 1.19. The first-order valence-electron chi connectivity index (χ1n) is 5.21. The highest BCUT2D eigenvalue weighted by Gasteiger charge is 2.35. The molecule has 0 amide bonds. The van der Waals surface area contributed by atoms with Crippen LogP contribution in [0.1, 0.15) is 37.8 Å².